The number of benzene rings is 1. The Balaban J connectivity index is 0.00000240. The number of aromatic nitrogens is 1. The zero-order chi connectivity index (χ0) is 19.6. The first kappa shape index (κ1) is 22.3. The van der Waals surface area contributed by atoms with Gasteiger partial charge in [0.2, 0.25) is 0 Å². The van der Waals surface area contributed by atoms with Gasteiger partial charge in [-0.05, 0) is 37.8 Å². The fraction of sp³-hybridized carbons (Fsp3) is 0.652. The highest BCUT2D eigenvalue weighted by atomic mass is 79.9. The zero-order valence-corrected chi connectivity index (χ0v) is 19.2. The Morgan fingerprint density at radius 3 is 2.55 bits per heavy atom. The molecule has 1 saturated carbocycles. The van der Waals surface area contributed by atoms with Crippen molar-refractivity contribution in [1.82, 2.24) is 5.16 Å². The summed E-state index contributed by atoms with van der Waals surface area (Å²) in [6.07, 6.45) is 7.69. The van der Waals surface area contributed by atoms with Crippen LogP contribution in [0.4, 0.5) is 0 Å². The van der Waals surface area contributed by atoms with Crippen molar-refractivity contribution in [1.29, 1.82) is 0 Å². The van der Waals surface area contributed by atoms with Gasteiger partial charge < -0.3 is 30.7 Å². The van der Waals surface area contributed by atoms with Gasteiger partial charge >= 0.3 is 5.97 Å². The minimum absolute atomic E-state index is 0. The van der Waals surface area contributed by atoms with E-state index >= 15 is 0 Å². The summed E-state index contributed by atoms with van der Waals surface area (Å²) in [5, 5.41) is 5.30. The third-order valence-corrected chi connectivity index (χ3v) is 7.10. The predicted molar refractivity (Wildman–Crippen MR) is 109 cm³/mol. The highest BCUT2D eigenvalue weighted by molar-refractivity contribution is 5.87. The number of ether oxygens (including phenoxy) is 1. The van der Waals surface area contributed by atoms with Gasteiger partial charge in [-0.1, -0.05) is 36.6 Å². The fourth-order valence-electron chi connectivity index (χ4n) is 4.96. The van der Waals surface area contributed by atoms with E-state index in [9.17, 15) is 4.79 Å². The summed E-state index contributed by atoms with van der Waals surface area (Å²) in [4.78, 5) is 13.4. The average Bonchev–Trinajstić information content (AvgIpc) is 3.15. The number of carbonyl (C=O) groups excluding carboxylic acids is 1. The fourth-order valence-corrected chi connectivity index (χ4v) is 4.96. The number of para-hydroxylation sites is 1. The monoisotopic (exact) mass is 464 g/mol. The molecule has 2 aromatic rings. The Morgan fingerprint density at radius 2 is 1.86 bits per heavy atom. The van der Waals surface area contributed by atoms with Crippen LogP contribution in [0.25, 0.3) is 11.0 Å². The van der Waals surface area contributed by atoms with Crippen molar-refractivity contribution in [3.63, 3.8) is 0 Å². The third-order valence-electron chi connectivity index (χ3n) is 7.10. The number of likely N-dealkylation sites (tertiary alicyclic amines) is 1. The molecule has 1 unspecified atom stereocenters. The number of esters is 1. The lowest BCUT2D eigenvalue weighted by Gasteiger charge is -2.40. The molecule has 2 fully saturated rings. The van der Waals surface area contributed by atoms with Gasteiger partial charge in [0, 0.05) is 18.2 Å². The SMILES string of the molecule is CC[N+]1(C)CCC(OC(=O)C(c2noc3ccccc23)C2CCCCC2)CC1.[Br-]. The van der Waals surface area contributed by atoms with E-state index in [1.807, 2.05) is 24.3 Å². The molecule has 2 aliphatic rings. The molecule has 0 N–H and O–H groups in total. The summed E-state index contributed by atoms with van der Waals surface area (Å²) >= 11 is 0. The minimum atomic E-state index is -0.307. The summed E-state index contributed by atoms with van der Waals surface area (Å²) in [6, 6.07) is 7.85. The quantitative estimate of drug-likeness (QED) is 0.498. The molecule has 160 valence electrons. The Bertz CT molecular complexity index is 807. The number of rotatable bonds is 5. The van der Waals surface area contributed by atoms with Gasteiger partial charge in [-0.2, -0.15) is 0 Å². The van der Waals surface area contributed by atoms with Crippen LogP contribution < -0.4 is 17.0 Å². The predicted octanol–water partition coefficient (Wildman–Crippen LogP) is 1.67. The van der Waals surface area contributed by atoms with Crippen LogP contribution in [0.5, 0.6) is 0 Å². The number of halogens is 1. The first-order valence-corrected chi connectivity index (χ1v) is 11.0. The highest BCUT2D eigenvalue weighted by Crippen LogP contribution is 2.39. The zero-order valence-electron chi connectivity index (χ0n) is 17.6. The topological polar surface area (TPSA) is 52.3 Å². The van der Waals surface area contributed by atoms with Crippen LogP contribution in [0.15, 0.2) is 28.8 Å². The Labute approximate surface area is 184 Å². The molecule has 2 heterocycles. The molecule has 0 radical (unpaired) electrons. The summed E-state index contributed by atoms with van der Waals surface area (Å²) in [6.45, 7) is 5.53. The summed E-state index contributed by atoms with van der Waals surface area (Å²) in [7, 11) is 2.30. The molecule has 1 aromatic heterocycles. The van der Waals surface area contributed by atoms with Gasteiger partial charge in [0.15, 0.2) is 5.58 Å². The van der Waals surface area contributed by atoms with E-state index < -0.39 is 0 Å². The van der Waals surface area contributed by atoms with Crippen LogP contribution >= 0.6 is 0 Å². The van der Waals surface area contributed by atoms with Crippen LogP contribution in [-0.2, 0) is 9.53 Å². The van der Waals surface area contributed by atoms with Crippen molar-refractivity contribution in [2.75, 3.05) is 26.7 Å². The van der Waals surface area contributed by atoms with Gasteiger partial charge in [0.05, 0.1) is 26.7 Å². The van der Waals surface area contributed by atoms with E-state index in [-0.39, 0.29) is 35.0 Å². The second-order valence-corrected chi connectivity index (χ2v) is 8.96. The molecule has 0 amide bonds. The maximum absolute atomic E-state index is 13.4. The van der Waals surface area contributed by atoms with Crippen LogP contribution in [0, 0.1) is 5.92 Å². The molecule has 1 aromatic carbocycles. The van der Waals surface area contributed by atoms with Crippen molar-refractivity contribution in [2.45, 2.75) is 63.9 Å². The average molecular weight is 465 g/mol. The lowest BCUT2D eigenvalue weighted by atomic mass is 9.78. The molecule has 1 aliphatic carbocycles. The highest BCUT2D eigenvalue weighted by Gasteiger charge is 2.38. The number of nitrogens with zero attached hydrogens (tertiary/aromatic N) is 2. The number of hydrogen-bond donors (Lipinski definition) is 0. The van der Waals surface area contributed by atoms with Gasteiger partial charge in [-0.25, -0.2) is 0 Å². The van der Waals surface area contributed by atoms with E-state index in [0.29, 0.717) is 5.92 Å². The number of fused-ring (bicyclic) bond motifs is 1. The molecule has 0 spiro atoms. The molecule has 1 saturated heterocycles. The molecule has 1 atom stereocenters. The molecular formula is C23H33BrN2O3. The van der Waals surface area contributed by atoms with Crippen molar-refractivity contribution < 1.29 is 35.5 Å². The molecule has 1 aliphatic heterocycles. The summed E-state index contributed by atoms with van der Waals surface area (Å²) < 4.78 is 12.7. The Hall–Kier alpha value is -1.40. The standard InChI is InChI=1S/C23H33N2O3.BrH/c1-3-25(2)15-13-18(14-16-25)27-23(26)21(17-9-5-4-6-10-17)22-19-11-7-8-12-20(19)28-24-22;/h7-8,11-12,17-18,21H,3-6,9-10,13-16H2,1-2H3;1H/q+1;/p-1. The normalized spacial score (nSPS) is 26.6. The second-order valence-electron chi connectivity index (χ2n) is 8.96. The first-order chi connectivity index (χ1) is 13.6. The maximum atomic E-state index is 13.4. The van der Waals surface area contributed by atoms with Crippen LogP contribution in [0.1, 0.15) is 63.5 Å². The van der Waals surface area contributed by atoms with E-state index in [0.717, 1.165) is 66.5 Å². The maximum Gasteiger partial charge on any atom is 0.315 e. The van der Waals surface area contributed by atoms with Gasteiger partial charge in [0.25, 0.3) is 0 Å². The molecule has 6 heteroatoms. The molecule has 4 rings (SSSR count). The van der Waals surface area contributed by atoms with Gasteiger partial charge in [-0.15, -0.1) is 0 Å². The summed E-state index contributed by atoms with van der Waals surface area (Å²) in [5.41, 5.74) is 1.53. The number of hydrogen-bond acceptors (Lipinski definition) is 4. The van der Waals surface area contributed by atoms with E-state index in [4.69, 9.17) is 9.26 Å². The first-order valence-electron chi connectivity index (χ1n) is 11.0. The lowest BCUT2D eigenvalue weighted by molar-refractivity contribution is -0.913. The number of piperidine rings is 1. The van der Waals surface area contributed by atoms with Crippen LogP contribution in [0.3, 0.4) is 0 Å². The number of carbonyl (C=O) groups is 1. The molecule has 5 nitrogen and oxygen atoms in total. The Morgan fingerprint density at radius 1 is 1.17 bits per heavy atom. The van der Waals surface area contributed by atoms with E-state index in [1.165, 1.54) is 19.3 Å². The van der Waals surface area contributed by atoms with Gasteiger partial charge in [0.1, 0.15) is 17.7 Å². The second kappa shape index (κ2) is 9.61. The molecular weight excluding hydrogens is 432 g/mol. The van der Waals surface area contributed by atoms with Crippen LogP contribution in [-0.4, -0.2) is 48.4 Å². The smallest absolute Gasteiger partial charge is 0.315 e. The van der Waals surface area contributed by atoms with Crippen molar-refractivity contribution in [3.8, 4) is 0 Å². The molecule has 29 heavy (non-hydrogen) atoms. The van der Waals surface area contributed by atoms with Crippen molar-refractivity contribution in [2.24, 2.45) is 5.92 Å². The largest absolute Gasteiger partial charge is 1.00 e. The van der Waals surface area contributed by atoms with E-state index in [2.05, 4.69) is 19.1 Å². The molecule has 0 bridgehead atoms. The minimum Gasteiger partial charge on any atom is -1.00 e. The van der Waals surface area contributed by atoms with Crippen LogP contribution in [0.2, 0.25) is 0 Å². The van der Waals surface area contributed by atoms with Crippen molar-refractivity contribution in [3.05, 3.63) is 30.0 Å². The van der Waals surface area contributed by atoms with Gasteiger partial charge in [-0.3, -0.25) is 4.79 Å². The Kier molecular flexibility index (Phi) is 7.38. The summed E-state index contributed by atoms with van der Waals surface area (Å²) in [5.74, 6) is -0.100. The van der Waals surface area contributed by atoms with E-state index in [1.54, 1.807) is 0 Å². The van der Waals surface area contributed by atoms with Crippen molar-refractivity contribution >= 4 is 16.9 Å². The lowest BCUT2D eigenvalue weighted by Crippen LogP contribution is -3.00. The number of quaternary nitrogens is 1. The third kappa shape index (κ3) is 4.85.